The van der Waals surface area contributed by atoms with E-state index in [1.807, 2.05) is 36.5 Å². The van der Waals surface area contributed by atoms with E-state index >= 15 is 0 Å². The lowest BCUT2D eigenvalue weighted by molar-refractivity contribution is 0.300. The number of ether oxygens (including phenoxy) is 2. The number of nitrogens with zero attached hydrogens (tertiary/aromatic N) is 1. The van der Waals surface area contributed by atoms with Crippen LogP contribution in [0.25, 0.3) is 0 Å². The fourth-order valence-corrected chi connectivity index (χ4v) is 2.01. The van der Waals surface area contributed by atoms with Crippen molar-refractivity contribution in [2.24, 2.45) is 0 Å². The van der Waals surface area contributed by atoms with Crippen molar-refractivity contribution < 1.29 is 9.47 Å². The van der Waals surface area contributed by atoms with Crippen LogP contribution < -0.4 is 14.8 Å². The van der Waals surface area contributed by atoms with Gasteiger partial charge in [-0.2, -0.15) is 0 Å². The molecule has 21 heavy (non-hydrogen) atoms. The normalized spacial score (nSPS) is 10.4. The van der Waals surface area contributed by atoms with Gasteiger partial charge in [0, 0.05) is 24.5 Å². The molecule has 1 heterocycles. The molecule has 0 unspecified atom stereocenters. The Hall–Kier alpha value is -2.07. The monoisotopic (exact) mass is 286 g/mol. The van der Waals surface area contributed by atoms with E-state index in [2.05, 4.69) is 17.2 Å². The summed E-state index contributed by atoms with van der Waals surface area (Å²) in [5.41, 5.74) is 2.16. The van der Waals surface area contributed by atoms with Crippen molar-refractivity contribution in [3.05, 3.63) is 53.9 Å². The maximum absolute atomic E-state index is 5.92. The van der Waals surface area contributed by atoms with Crippen LogP contribution in [-0.2, 0) is 13.2 Å². The van der Waals surface area contributed by atoms with Crippen LogP contribution in [0.5, 0.6) is 11.5 Å². The third-order valence-electron chi connectivity index (χ3n) is 3.13. The third kappa shape index (κ3) is 4.76. The van der Waals surface area contributed by atoms with Gasteiger partial charge in [0.25, 0.3) is 0 Å². The Morgan fingerprint density at radius 2 is 2.14 bits per heavy atom. The molecule has 4 heteroatoms. The van der Waals surface area contributed by atoms with Crippen molar-refractivity contribution in [3.63, 3.8) is 0 Å². The molecule has 0 fully saturated rings. The number of aromatic nitrogens is 1. The Bertz CT molecular complexity index is 558. The Balaban J connectivity index is 1.98. The summed E-state index contributed by atoms with van der Waals surface area (Å²) in [6.07, 6.45) is 4.72. The largest absolute Gasteiger partial charge is 0.497 e. The molecule has 0 aliphatic heterocycles. The first-order valence-electron chi connectivity index (χ1n) is 7.22. The van der Waals surface area contributed by atoms with E-state index in [4.69, 9.17) is 9.47 Å². The Morgan fingerprint density at radius 3 is 2.95 bits per heavy atom. The summed E-state index contributed by atoms with van der Waals surface area (Å²) >= 11 is 0. The molecule has 0 bridgehead atoms. The zero-order valence-electron chi connectivity index (χ0n) is 12.6. The third-order valence-corrected chi connectivity index (χ3v) is 3.13. The van der Waals surface area contributed by atoms with Gasteiger partial charge < -0.3 is 14.8 Å². The van der Waals surface area contributed by atoms with Gasteiger partial charge in [-0.05, 0) is 36.7 Å². The maximum Gasteiger partial charge on any atom is 0.127 e. The number of nitrogens with one attached hydrogen (secondary N) is 1. The van der Waals surface area contributed by atoms with Gasteiger partial charge in [0.2, 0.25) is 0 Å². The summed E-state index contributed by atoms with van der Waals surface area (Å²) in [5, 5.41) is 3.37. The predicted molar refractivity (Wildman–Crippen MR) is 83.6 cm³/mol. The molecule has 2 rings (SSSR count). The van der Waals surface area contributed by atoms with Gasteiger partial charge >= 0.3 is 0 Å². The molecule has 4 nitrogen and oxygen atoms in total. The second kappa shape index (κ2) is 8.27. The van der Waals surface area contributed by atoms with Crippen LogP contribution >= 0.6 is 0 Å². The molecule has 112 valence electrons. The fraction of sp³-hybridized carbons (Fsp3) is 0.353. The summed E-state index contributed by atoms with van der Waals surface area (Å²) in [4.78, 5) is 4.17. The number of methoxy groups -OCH3 is 1. The quantitative estimate of drug-likeness (QED) is 0.757. The summed E-state index contributed by atoms with van der Waals surface area (Å²) in [5.74, 6) is 1.71. The highest BCUT2D eigenvalue weighted by Crippen LogP contribution is 2.19. The molecule has 1 N–H and O–H groups in total. The van der Waals surface area contributed by atoms with E-state index in [0.717, 1.165) is 42.1 Å². The van der Waals surface area contributed by atoms with Crippen LogP contribution in [0, 0.1) is 0 Å². The average Bonchev–Trinajstić information content (AvgIpc) is 2.54. The van der Waals surface area contributed by atoms with Crippen molar-refractivity contribution >= 4 is 0 Å². The zero-order chi connectivity index (χ0) is 14.9. The van der Waals surface area contributed by atoms with Crippen LogP contribution in [0.3, 0.4) is 0 Å². The molecule has 0 aliphatic rings. The Labute approximate surface area is 126 Å². The van der Waals surface area contributed by atoms with Gasteiger partial charge in [-0.3, -0.25) is 4.98 Å². The number of pyridine rings is 1. The van der Waals surface area contributed by atoms with Crippen LogP contribution in [0.1, 0.15) is 24.5 Å². The Kier molecular flexibility index (Phi) is 6.03. The van der Waals surface area contributed by atoms with E-state index in [0.29, 0.717) is 6.61 Å². The van der Waals surface area contributed by atoms with E-state index in [-0.39, 0.29) is 0 Å². The van der Waals surface area contributed by atoms with Crippen molar-refractivity contribution in [2.75, 3.05) is 13.7 Å². The van der Waals surface area contributed by atoms with Gasteiger partial charge in [-0.15, -0.1) is 0 Å². The highest BCUT2D eigenvalue weighted by molar-refractivity contribution is 5.32. The molecule has 0 radical (unpaired) electrons. The second-order valence-electron chi connectivity index (χ2n) is 4.80. The van der Waals surface area contributed by atoms with Gasteiger partial charge in [-0.1, -0.05) is 19.1 Å². The number of hydrogen-bond donors (Lipinski definition) is 1. The highest BCUT2D eigenvalue weighted by atomic mass is 16.5. The second-order valence-corrected chi connectivity index (χ2v) is 4.80. The van der Waals surface area contributed by atoms with Gasteiger partial charge in [0.05, 0.1) is 7.11 Å². The number of rotatable bonds is 8. The summed E-state index contributed by atoms with van der Waals surface area (Å²) in [6.45, 7) is 4.43. The topological polar surface area (TPSA) is 43.4 Å². The molecule has 0 saturated heterocycles. The smallest absolute Gasteiger partial charge is 0.127 e. The summed E-state index contributed by atoms with van der Waals surface area (Å²) in [6, 6.07) is 9.81. The first-order valence-corrected chi connectivity index (χ1v) is 7.22. The van der Waals surface area contributed by atoms with Crippen LogP contribution in [0.2, 0.25) is 0 Å². The lowest BCUT2D eigenvalue weighted by atomic mass is 10.2. The standard InChI is InChI=1S/C17H22N2O2/c1-3-8-18-11-15-12-19-9-7-17(15)21-13-14-5-4-6-16(10-14)20-2/h4-7,9-10,12,18H,3,8,11,13H2,1-2H3. The molecule has 1 aromatic carbocycles. The zero-order valence-corrected chi connectivity index (χ0v) is 12.6. The molecule has 2 aromatic rings. The van der Waals surface area contributed by atoms with E-state index in [9.17, 15) is 0 Å². The van der Waals surface area contributed by atoms with Crippen LogP contribution in [0.4, 0.5) is 0 Å². The summed E-state index contributed by atoms with van der Waals surface area (Å²) < 4.78 is 11.1. The molecule has 0 aliphatic carbocycles. The average molecular weight is 286 g/mol. The lowest BCUT2D eigenvalue weighted by Crippen LogP contribution is -2.14. The molecular formula is C17H22N2O2. The van der Waals surface area contributed by atoms with E-state index < -0.39 is 0 Å². The van der Waals surface area contributed by atoms with Crippen molar-refractivity contribution in [1.82, 2.24) is 10.3 Å². The van der Waals surface area contributed by atoms with Gasteiger partial charge in [0.15, 0.2) is 0 Å². The SMILES string of the molecule is CCCNCc1cnccc1OCc1cccc(OC)c1. The first-order chi connectivity index (χ1) is 10.3. The minimum Gasteiger partial charge on any atom is -0.497 e. The number of hydrogen-bond acceptors (Lipinski definition) is 4. The maximum atomic E-state index is 5.92. The van der Waals surface area contributed by atoms with Crippen molar-refractivity contribution in [3.8, 4) is 11.5 Å². The predicted octanol–water partition coefficient (Wildman–Crippen LogP) is 3.17. The summed E-state index contributed by atoms with van der Waals surface area (Å²) in [7, 11) is 1.67. The van der Waals surface area contributed by atoms with Crippen molar-refractivity contribution in [2.45, 2.75) is 26.5 Å². The van der Waals surface area contributed by atoms with Gasteiger partial charge in [-0.25, -0.2) is 0 Å². The fourth-order valence-electron chi connectivity index (χ4n) is 2.01. The molecule has 0 atom stereocenters. The molecule has 1 aromatic heterocycles. The van der Waals surface area contributed by atoms with Crippen LogP contribution in [0.15, 0.2) is 42.7 Å². The first kappa shape index (κ1) is 15.3. The van der Waals surface area contributed by atoms with Gasteiger partial charge in [0.1, 0.15) is 18.1 Å². The van der Waals surface area contributed by atoms with E-state index in [1.165, 1.54) is 0 Å². The van der Waals surface area contributed by atoms with E-state index in [1.54, 1.807) is 13.3 Å². The highest BCUT2D eigenvalue weighted by Gasteiger charge is 2.04. The molecule has 0 spiro atoms. The lowest BCUT2D eigenvalue weighted by Gasteiger charge is -2.12. The number of benzene rings is 1. The van der Waals surface area contributed by atoms with Crippen molar-refractivity contribution in [1.29, 1.82) is 0 Å². The van der Waals surface area contributed by atoms with Crippen LogP contribution in [-0.4, -0.2) is 18.6 Å². The molecule has 0 saturated carbocycles. The Morgan fingerprint density at radius 1 is 1.24 bits per heavy atom. The molecule has 0 amide bonds. The molecular weight excluding hydrogens is 264 g/mol. The minimum absolute atomic E-state index is 0.516. The minimum atomic E-state index is 0.516.